The Bertz CT molecular complexity index is 721. The molecule has 6 nitrogen and oxygen atoms in total. The first-order chi connectivity index (χ1) is 12.2. The van der Waals surface area contributed by atoms with Crippen molar-refractivity contribution < 1.29 is 9.53 Å². The summed E-state index contributed by atoms with van der Waals surface area (Å²) in [5, 5.41) is 0. The Morgan fingerprint density at radius 2 is 1.35 bits per heavy atom. The number of ether oxygens (including phenoxy) is 1. The Balaban J connectivity index is 2.14. The van der Waals surface area contributed by atoms with Crippen LogP contribution in [0.15, 0.2) is 48.5 Å². The Morgan fingerprint density at radius 3 is 1.81 bits per heavy atom. The fourth-order valence-electron chi connectivity index (χ4n) is 2.40. The SMILES string of the molecule is CN(CCN(C(=O)OC(C)(C)C)c1ccc(N)cc1)c1ccc(N)cc1. The Hall–Kier alpha value is -2.89. The zero-order chi connectivity index (χ0) is 19.3. The van der Waals surface area contributed by atoms with Crippen molar-refractivity contribution in [1.29, 1.82) is 0 Å². The monoisotopic (exact) mass is 356 g/mol. The maximum absolute atomic E-state index is 12.7. The Labute approximate surface area is 155 Å². The zero-order valence-electron chi connectivity index (χ0n) is 15.9. The third-order valence-corrected chi connectivity index (χ3v) is 3.81. The van der Waals surface area contributed by atoms with Crippen molar-refractivity contribution in [1.82, 2.24) is 0 Å². The second kappa shape index (κ2) is 7.99. The highest BCUT2D eigenvalue weighted by atomic mass is 16.6. The largest absolute Gasteiger partial charge is 0.443 e. The van der Waals surface area contributed by atoms with Gasteiger partial charge in [0, 0.05) is 42.9 Å². The number of nitrogens with zero attached hydrogens (tertiary/aromatic N) is 2. The highest BCUT2D eigenvalue weighted by Crippen LogP contribution is 2.21. The fourth-order valence-corrected chi connectivity index (χ4v) is 2.40. The van der Waals surface area contributed by atoms with Crippen LogP contribution in [0.2, 0.25) is 0 Å². The predicted molar refractivity (Wildman–Crippen MR) is 109 cm³/mol. The summed E-state index contributed by atoms with van der Waals surface area (Å²) in [7, 11) is 1.97. The van der Waals surface area contributed by atoms with Crippen molar-refractivity contribution in [2.24, 2.45) is 0 Å². The van der Waals surface area contributed by atoms with Gasteiger partial charge in [-0.05, 0) is 69.3 Å². The quantitative estimate of drug-likeness (QED) is 0.798. The molecule has 0 aliphatic carbocycles. The summed E-state index contributed by atoms with van der Waals surface area (Å²) >= 11 is 0. The molecule has 6 heteroatoms. The minimum Gasteiger partial charge on any atom is -0.443 e. The maximum atomic E-state index is 12.7. The lowest BCUT2D eigenvalue weighted by Crippen LogP contribution is -2.41. The molecule has 0 radical (unpaired) electrons. The molecule has 0 unspecified atom stereocenters. The molecule has 0 heterocycles. The molecule has 2 aromatic carbocycles. The Kier molecular flexibility index (Phi) is 5.97. The topological polar surface area (TPSA) is 84.8 Å². The van der Waals surface area contributed by atoms with Gasteiger partial charge >= 0.3 is 6.09 Å². The van der Waals surface area contributed by atoms with E-state index in [4.69, 9.17) is 16.2 Å². The van der Waals surface area contributed by atoms with Gasteiger partial charge in [0.1, 0.15) is 5.60 Å². The molecule has 4 N–H and O–H groups in total. The molecular weight excluding hydrogens is 328 g/mol. The molecule has 0 saturated carbocycles. The maximum Gasteiger partial charge on any atom is 0.414 e. The number of carbonyl (C=O) groups excluding carboxylic acids is 1. The van der Waals surface area contributed by atoms with E-state index in [1.54, 1.807) is 17.0 Å². The number of hydrogen-bond acceptors (Lipinski definition) is 5. The Morgan fingerprint density at radius 1 is 0.885 bits per heavy atom. The molecule has 0 aromatic heterocycles. The van der Waals surface area contributed by atoms with E-state index in [2.05, 4.69) is 4.90 Å². The van der Waals surface area contributed by atoms with Gasteiger partial charge < -0.3 is 21.1 Å². The standard InChI is InChI=1S/C20H28N4O2/c1-20(2,3)26-19(25)24(18-11-7-16(22)8-12-18)14-13-23(4)17-9-5-15(21)6-10-17/h5-12H,13-14,21-22H2,1-4H3. The van der Waals surface area contributed by atoms with Crippen LogP contribution in [0.5, 0.6) is 0 Å². The van der Waals surface area contributed by atoms with E-state index >= 15 is 0 Å². The highest BCUT2D eigenvalue weighted by Gasteiger charge is 2.23. The van der Waals surface area contributed by atoms with E-state index in [1.165, 1.54) is 0 Å². The van der Waals surface area contributed by atoms with Gasteiger partial charge in [0.2, 0.25) is 0 Å². The summed E-state index contributed by atoms with van der Waals surface area (Å²) in [5.41, 5.74) is 14.1. The van der Waals surface area contributed by atoms with E-state index < -0.39 is 5.60 Å². The first-order valence-electron chi connectivity index (χ1n) is 8.58. The number of rotatable bonds is 5. The second-order valence-corrected chi connectivity index (χ2v) is 7.24. The molecular formula is C20H28N4O2. The molecule has 0 spiro atoms. The van der Waals surface area contributed by atoms with Gasteiger partial charge in [-0.2, -0.15) is 0 Å². The lowest BCUT2D eigenvalue weighted by Gasteiger charge is -2.29. The molecule has 0 aliphatic rings. The fraction of sp³-hybridized carbons (Fsp3) is 0.350. The smallest absolute Gasteiger partial charge is 0.414 e. The lowest BCUT2D eigenvalue weighted by atomic mass is 10.2. The van der Waals surface area contributed by atoms with E-state index in [0.717, 1.165) is 17.1 Å². The second-order valence-electron chi connectivity index (χ2n) is 7.24. The summed E-state index contributed by atoms with van der Waals surface area (Å²) < 4.78 is 5.56. The summed E-state index contributed by atoms with van der Waals surface area (Å²) in [4.78, 5) is 16.4. The van der Waals surface area contributed by atoms with E-state index in [0.29, 0.717) is 18.8 Å². The van der Waals surface area contributed by atoms with Gasteiger partial charge in [0.05, 0.1) is 0 Å². The van der Waals surface area contributed by atoms with Gasteiger partial charge in [-0.15, -0.1) is 0 Å². The molecule has 140 valence electrons. The molecule has 1 amide bonds. The van der Waals surface area contributed by atoms with Crippen molar-refractivity contribution in [2.45, 2.75) is 26.4 Å². The third-order valence-electron chi connectivity index (χ3n) is 3.81. The summed E-state index contributed by atoms with van der Waals surface area (Å²) in [6, 6.07) is 14.8. The van der Waals surface area contributed by atoms with Crippen LogP contribution in [0.25, 0.3) is 0 Å². The van der Waals surface area contributed by atoms with E-state index in [1.807, 2.05) is 64.2 Å². The average molecular weight is 356 g/mol. The predicted octanol–water partition coefficient (Wildman–Crippen LogP) is 3.73. The number of hydrogen-bond donors (Lipinski definition) is 2. The number of amides is 1. The molecule has 0 aliphatic heterocycles. The molecule has 0 saturated heterocycles. The number of anilines is 4. The van der Waals surface area contributed by atoms with Gasteiger partial charge in [-0.25, -0.2) is 4.79 Å². The van der Waals surface area contributed by atoms with Crippen molar-refractivity contribution in [3.8, 4) is 0 Å². The highest BCUT2D eigenvalue weighted by molar-refractivity contribution is 5.88. The normalized spacial score (nSPS) is 11.1. The molecule has 26 heavy (non-hydrogen) atoms. The van der Waals surface area contributed by atoms with Crippen LogP contribution in [0.4, 0.5) is 27.5 Å². The molecule has 0 fully saturated rings. The van der Waals surface area contributed by atoms with Crippen molar-refractivity contribution >= 4 is 28.8 Å². The lowest BCUT2D eigenvalue weighted by molar-refractivity contribution is 0.0581. The minimum atomic E-state index is -0.563. The van der Waals surface area contributed by atoms with Crippen molar-refractivity contribution in [2.75, 3.05) is 41.4 Å². The van der Waals surface area contributed by atoms with Crippen LogP contribution in [0.3, 0.4) is 0 Å². The first-order valence-corrected chi connectivity index (χ1v) is 8.58. The number of nitrogens with two attached hydrogens (primary N) is 2. The van der Waals surface area contributed by atoms with Crippen LogP contribution < -0.4 is 21.3 Å². The van der Waals surface area contributed by atoms with Gasteiger partial charge in [-0.1, -0.05) is 0 Å². The van der Waals surface area contributed by atoms with Crippen molar-refractivity contribution in [3.63, 3.8) is 0 Å². The summed E-state index contributed by atoms with van der Waals surface area (Å²) in [5.74, 6) is 0. The van der Waals surface area contributed by atoms with Crippen LogP contribution >= 0.6 is 0 Å². The summed E-state index contributed by atoms with van der Waals surface area (Å²) in [6.07, 6.45) is -0.382. The molecule has 0 atom stereocenters. The van der Waals surface area contributed by atoms with Gasteiger partial charge in [-0.3, -0.25) is 4.90 Å². The van der Waals surface area contributed by atoms with E-state index in [9.17, 15) is 4.79 Å². The van der Waals surface area contributed by atoms with Crippen LogP contribution in [0, 0.1) is 0 Å². The van der Waals surface area contributed by atoms with Gasteiger partial charge in [0.15, 0.2) is 0 Å². The molecule has 0 bridgehead atoms. The third kappa shape index (κ3) is 5.58. The van der Waals surface area contributed by atoms with Crippen LogP contribution in [0.1, 0.15) is 20.8 Å². The number of carbonyl (C=O) groups is 1. The molecule has 2 rings (SSSR count). The van der Waals surface area contributed by atoms with E-state index in [-0.39, 0.29) is 6.09 Å². The van der Waals surface area contributed by atoms with Crippen molar-refractivity contribution in [3.05, 3.63) is 48.5 Å². The average Bonchev–Trinajstić information content (AvgIpc) is 2.55. The van der Waals surface area contributed by atoms with Crippen LogP contribution in [-0.4, -0.2) is 31.8 Å². The molecule has 2 aromatic rings. The number of nitrogen functional groups attached to an aromatic ring is 2. The number of benzene rings is 2. The first kappa shape index (κ1) is 19.4. The summed E-state index contributed by atoms with van der Waals surface area (Å²) in [6.45, 7) is 6.67. The zero-order valence-corrected chi connectivity index (χ0v) is 15.9. The minimum absolute atomic E-state index is 0.382. The van der Waals surface area contributed by atoms with Gasteiger partial charge in [0.25, 0.3) is 0 Å². The number of likely N-dealkylation sites (N-methyl/N-ethyl adjacent to an activating group) is 1. The van der Waals surface area contributed by atoms with Crippen LogP contribution in [-0.2, 0) is 4.74 Å².